The highest BCUT2D eigenvalue weighted by Crippen LogP contribution is 2.20. The van der Waals surface area contributed by atoms with E-state index in [0.717, 1.165) is 22.6 Å². The zero-order chi connectivity index (χ0) is 13.0. The summed E-state index contributed by atoms with van der Waals surface area (Å²) >= 11 is 0. The first-order valence-electron chi connectivity index (χ1n) is 5.70. The Morgan fingerprint density at radius 3 is 2.83 bits per heavy atom. The first-order valence-corrected chi connectivity index (χ1v) is 5.70. The Balaban J connectivity index is 2.05. The van der Waals surface area contributed by atoms with Gasteiger partial charge < -0.3 is 15.2 Å². The summed E-state index contributed by atoms with van der Waals surface area (Å²) in [6.45, 7) is 0.937. The van der Waals surface area contributed by atoms with Crippen LogP contribution in [0.25, 0.3) is 0 Å². The Morgan fingerprint density at radius 2 is 2.22 bits per heavy atom. The summed E-state index contributed by atoms with van der Waals surface area (Å²) in [6, 6.07) is 5.87. The molecule has 0 unspecified atom stereocenters. The number of methoxy groups -OCH3 is 1. The molecule has 0 aliphatic heterocycles. The van der Waals surface area contributed by atoms with Gasteiger partial charge in [-0.05, 0) is 17.7 Å². The molecule has 0 saturated heterocycles. The van der Waals surface area contributed by atoms with Crippen molar-refractivity contribution in [2.45, 2.75) is 13.2 Å². The number of aryl methyl sites for hydroxylation is 1. The molecule has 1 aromatic heterocycles. The quantitative estimate of drug-likeness (QED) is 0.869. The number of nitrogens with zero attached hydrogens (tertiary/aromatic N) is 2. The molecule has 1 heterocycles. The number of ether oxygens (including phenoxy) is 2. The van der Waals surface area contributed by atoms with E-state index in [2.05, 4.69) is 5.10 Å². The van der Waals surface area contributed by atoms with Crippen molar-refractivity contribution in [1.82, 2.24) is 9.78 Å². The van der Waals surface area contributed by atoms with Crippen LogP contribution in [-0.2, 0) is 20.2 Å². The molecule has 2 N–H and O–H groups in total. The highest BCUT2D eigenvalue weighted by Gasteiger charge is 2.04. The van der Waals surface area contributed by atoms with Crippen LogP contribution in [0.3, 0.4) is 0 Å². The van der Waals surface area contributed by atoms with Crippen LogP contribution in [0.2, 0.25) is 0 Å². The number of benzene rings is 1. The molecule has 0 bridgehead atoms. The van der Waals surface area contributed by atoms with E-state index in [0.29, 0.717) is 13.2 Å². The smallest absolute Gasteiger partial charge is 0.157 e. The van der Waals surface area contributed by atoms with E-state index in [1.165, 1.54) is 0 Å². The molecule has 0 spiro atoms. The van der Waals surface area contributed by atoms with Gasteiger partial charge in [0, 0.05) is 19.2 Å². The second-order valence-corrected chi connectivity index (χ2v) is 3.99. The third kappa shape index (κ3) is 2.81. The third-order valence-electron chi connectivity index (χ3n) is 2.65. The molecule has 0 amide bonds. The minimum atomic E-state index is 0.448. The maximum absolute atomic E-state index is 5.67. The van der Waals surface area contributed by atoms with Crippen molar-refractivity contribution in [1.29, 1.82) is 0 Å². The highest BCUT2D eigenvalue weighted by atomic mass is 16.5. The van der Waals surface area contributed by atoms with Gasteiger partial charge in [0.25, 0.3) is 0 Å². The molecule has 1 aromatic carbocycles. The van der Waals surface area contributed by atoms with Crippen LogP contribution >= 0.6 is 0 Å². The predicted octanol–water partition coefficient (Wildman–Crippen LogP) is 1.47. The number of hydrogen-bond donors (Lipinski definition) is 1. The molecule has 0 radical (unpaired) electrons. The maximum atomic E-state index is 5.67. The molecule has 0 aliphatic rings. The van der Waals surface area contributed by atoms with Crippen molar-refractivity contribution in [3.63, 3.8) is 0 Å². The van der Waals surface area contributed by atoms with Crippen molar-refractivity contribution >= 4 is 0 Å². The first kappa shape index (κ1) is 12.4. The first-order chi connectivity index (χ1) is 8.72. The molecule has 0 aliphatic carbocycles. The molecule has 2 aromatic rings. The standard InChI is InChI=1S/C13H17N3O2/c1-16-8-12(7-15-16)18-9-10-3-4-13(17-2)11(5-10)6-14/h3-5,7-8H,6,9,14H2,1-2H3. The summed E-state index contributed by atoms with van der Waals surface area (Å²) in [5.74, 6) is 1.56. The van der Waals surface area contributed by atoms with Gasteiger partial charge in [0.15, 0.2) is 5.75 Å². The van der Waals surface area contributed by atoms with Crippen LogP contribution in [0, 0.1) is 0 Å². The van der Waals surface area contributed by atoms with E-state index >= 15 is 0 Å². The van der Waals surface area contributed by atoms with Crippen molar-refractivity contribution in [3.8, 4) is 11.5 Å². The predicted molar refractivity (Wildman–Crippen MR) is 68.4 cm³/mol. The van der Waals surface area contributed by atoms with E-state index in [-0.39, 0.29) is 0 Å². The minimum absolute atomic E-state index is 0.448. The van der Waals surface area contributed by atoms with Crippen LogP contribution in [0.5, 0.6) is 11.5 Å². The SMILES string of the molecule is COc1ccc(COc2cnn(C)c2)cc1CN. The molecule has 5 heteroatoms. The molecule has 2 rings (SSSR count). The number of nitrogens with two attached hydrogens (primary N) is 1. The summed E-state index contributed by atoms with van der Waals surface area (Å²) in [5, 5.41) is 4.04. The average molecular weight is 247 g/mol. The van der Waals surface area contributed by atoms with Crippen LogP contribution < -0.4 is 15.2 Å². The zero-order valence-electron chi connectivity index (χ0n) is 10.6. The van der Waals surface area contributed by atoms with Gasteiger partial charge in [-0.2, -0.15) is 5.10 Å². The fourth-order valence-electron chi connectivity index (χ4n) is 1.72. The number of aromatic nitrogens is 2. The fraction of sp³-hybridized carbons (Fsp3) is 0.308. The van der Waals surface area contributed by atoms with E-state index < -0.39 is 0 Å². The molecule has 96 valence electrons. The number of rotatable bonds is 5. The van der Waals surface area contributed by atoms with Gasteiger partial charge in [0.2, 0.25) is 0 Å². The van der Waals surface area contributed by atoms with Crippen molar-refractivity contribution < 1.29 is 9.47 Å². The number of hydrogen-bond acceptors (Lipinski definition) is 4. The average Bonchev–Trinajstić information content (AvgIpc) is 2.81. The molecule has 0 saturated carbocycles. The summed E-state index contributed by atoms with van der Waals surface area (Å²) < 4.78 is 12.5. The van der Waals surface area contributed by atoms with E-state index in [4.69, 9.17) is 15.2 Å². The summed E-state index contributed by atoms with van der Waals surface area (Å²) in [4.78, 5) is 0. The fourth-order valence-corrected chi connectivity index (χ4v) is 1.72. The van der Waals surface area contributed by atoms with E-state index in [1.54, 1.807) is 18.0 Å². The Morgan fingerprint density at radius 1 is 1.39 bits per heavy atom. The monoisotopic (exact) mass is 247 g/mol. The summed E-state index contributed by atoms with van der Waals surface area (Å²) in [5.41, 5.74) is 7.70. The molecule has 18 heavy (non-hydrogen) atoms. The topological polar surface area (TPSA) is 62.3 Å². The summed E-state index contributed by atoms with van der Waals surface area (Å²) in [6.07, 6.45) is 3.51. The van der Waals surface area contributed by atoms with Crippen molar-refractivity contribution in [3.05, 3.63) is 41.7 Å². The lowest BCUT2D eigenvalue weighted by atomic mass is 10.1. The Bertz CT molecular complexity index is 523. The normalized spacial score (nSPS) is 10.4. The Kier molecular flexibility index (Phi) is 3.84. The van der Waals surface area contributed by atoms with E-state index in [9.17, 15) is 0 Å². The van der Waals surface area contributed by atoms with Gasteiger partial charge >= 0.3 is 0 Å². The van der Waals surface area contributed by atoms with Crippen LogP contribution in [0.15, 0.2) is 30.6 Å². The van der Waals surface area contributed by atoms with Crippen LogP contribution in [0.1, 0.15) is 11.1 Å². The maximum Gasteiger partial charge on any atom is 0.157 e. The van der Waals surface area contributed by atoms with Gasteiger partial charge in [0.05, 0.1) is 19.5 Å². The van der Waals surface area contributed by atoms with Gasteiger partial charge in [-0.25, -0.2) is 0 Å². The molecular formula is C13H17N3O2. The van der Waals surface area contributed by atoms with Gasteiger partial charge in [0.1, 0.15) is 12.4 Å². The van der Waals surface area contributed by atoms with Crippen LogP contribution in [0.4, 0.5) is 0 Å². The molecule has 0 fully saturated rings. The molecular weight excluding hydrogens is 230 g/mol. The minimum Gasteiger partial charge on any atom is -0.496 e. The van der Waals surface area contributed by atoms with Crippen LogP contribution in [-0.4, -0.2) is 16.9 Å². The molecule has 5 nitrogen and oxygen atoms in total. The second-order valence-electron chi connectivity index (χ2n) is 3.99. The highest BCUT2D eigenvalue weighted by molar-refractivity contribution is 5.37. The lowest BCUT2D eigenvalue weighted by Gasteiger charge is -2.09. The molecule has 0 atom stereocenters. The third-order valence-corrected chi connectivity index (χ3v) is 2.65. The largest absolute Gasteiger partial charge is 0.496 e. The van der Waals surface area contributed by atoms with Gasteiger partial charge in [-0.3, -0.25) is 4.68 Å². The Hall–Kier alpha value is -2.01. The lowest BCUT2D eigenvalue weighted by Crippen LogP contribution is -2.02. The Labute approximate surface area is 106 Å². The van der Waals surface area contributed by atoms with Crippen molar-refractivity contribution in [2.75, 3.05) is 7.11 Å². The summed E-state index contributed by atoms with van der Waals surface area (Å²) in [7, 11) is 3.49. The van der Waals surface area contributed by atoms with Crippen molar-refractivity contribution in [2.24, 2.45) is 12.8 Å². The lowest BCUT2D eigenvalue weighted by molar-refractivity contribution is 0.305. The van der Waals surface area contributed by atoms with Gasteiger partial charge in [-0.15, -0.1) is 0 Å². The second kappa shape index (κ2) is 5.55. The van der Waals surface area contributed by atoms with E-state index in [1.807, 2.05) is 31.4 Å². The zero-order valence-corrected chi connectivity index (χ0v) is 10.6. The van der Waals surface area contributed by atoms with Gasteiger partial charge in [-0.1, -0.05) is 6.07 Å².